The van der Waals surface area contributed by atoms with Crippen LogP contribution >= 0.6 is 15.6 Å². The van der Waals surface area contributed by atoms with Crippen molar-refractivity contribution in [2.45, 2.75) is 361 Å². The highest BCUT2D eigenvalue weighted by atomic mass is 31.2. The molecule has 0 aliphatic heterocycles. The molecule has 26 heteroatoms. The Kier molecular flexibility index (Phi) is 65.2. The van der Waals surface area contributed by atoms with Crippen molar-refractivity contribution in [3.63, 3.8) is 0 Å². The van der Waals surface area contributed by atoms with Crippen LogP contribution in [-0.2, 0) is 65.4 Å². The van der Waals surface area contributed by atoms with Crippen LogP contribution in [0.3, 0.4) is 0 Å². The Hall–Kier alpha value is -4.42. The van der Waals surface area contributed by atoms with E-state index in [-0.39, 0.29) is 88.3 Å². The van der Waals surface area contributed by atoms with Crippen molar-refractivity contribution in [3.8, 4) is 0 Å². The van der Waals surface area contributed by atoms with Gasteiger partial charge in [0.15, 0.2) is 0 Å². The second-order valence-electron chi connectivity index (χ2n) is 28.7. The Morgan fingerprint density at radius 2 is 0.704 bits per heavy atom. The summed E-state index contributed by atoms with van der Waals surface area (Å²) >= 11 is 0. The Balaban J connectivity index is 3.04. The minimum Gasteiger partial charge on any atom is -0.462 e. The fraction of sp³-hybridized carbons (Fsp3) is 0.805. The van der Waals surface area contributed by atoms with Gasteiger partial charge in [0.25, 0.3) is 11.8 Å². The van der Waals surface area contributed by atoms with Gasteiger partial charge in [-0.2, -0.15) is 0 Å². The number of benzene rings is 1. The summed E-state index contributed by atoms with van der Waals surface area (Å²) in [5.74, 6) is -3.22. The second-order valence-corrected chi connectivity index (χ2v) is 31.6. The van der Waals surface area contributed by atoms with Gasteiger partial charge in [-0.05, 0) is 115 Å². The second kappa shape index (κ2) is 69.3. The van der Waals surface area contributed by atoms with Crippen LogP contribution in [-0.4, -0.2) is 158 Å². The Bertz CT molecular complexity index is 2430. The Labute approximate surface area is 650 Å². The molecule has 0 fully saturated rings. The molecule has 0 spiro atoms. The fourth-order valence-electron chi connectivity index (χ4n) is 12.0. The van der Waals surface area contributed by atoms with Crippen LogP contribution in [0, 0.1) is 0 Å². The van der Waals surface area contributed by atoms with E-state index in [1.165, 1.54) is 62.8 Å². The summed E-state index contributed by atoms with van der Waals surface area (Å²) in [6, 6.07) is 3.89. The summed E-state index contributed by atoms with van der Waals surface area (Å²) < 4.78 is 71.3. The van der Waals surface area contributed by atoms with Gasteiger partial charge in [-0.25, -0.2) is 9.13 Å². The first-order chi connectivity index (χ1) is 52.2. The predicted molar refractivity (Wildman–Crippen MR) is 427 cm³/mol. The van der Waals surface area contributed by atoms with Gasteiger partial charge in [-0.1, -0.05) is 232 Å². The van der Waals surface area contributed by atoms with E-state index in [0.29, 0.717) is 51.4 Å². The van der Waals surface area contributed by atoms with E-state index in [0.717, 1.165) is 167 Å². The third-order valence-corrected chi connectivity index (χ3v) is 20.4. The van der Waals surface area contributed by atoms with Crippen LogP contribution in [0.5, 0.6) is 0 Å². The molecule has 4 unspecified atom stereocenters. The largest absolute Gasteiger partial charge is 0.472 e. The van der Waals surface area contributed by atoms with Crippen molar-refractivity contribution in [3.05, 3.63) is 59.7 Å². The molecule has 1 aromatic rings. The van der Waals surface area contributed by atoms with E-state index in [9.17, 15) is 57.9 Å². The first-order valence-electron chi connectivity index (χ1n) is 41.9. The molecule has 0 saturated heterocycles. The van der Waals surface area contributed by atoms with Crippen LogP contribution < -0.4 is 21.3 Å². The molecule has 626 valence electrons. The quantitative estimate of drug-likeness (QED) is 0.0130. The van der Waals surface area contributed by atoms with Gasteiger partial charge in [-0.15, -0.1) is 0 Å². The molecular weight excluding hydrogens is 1420 g/mol. The first kappa shape index (κ1) is 102. The average Bonchev–Trinajstić information content (AvgIpc) is 0.843. The molecule has 8 N–H and O–H groups in total. The van der Waals surface area contributed by atoms with Crippen molar-refractivity contribution in [2.75, 3.05) is 65.9 Å². The topological polar surface area (TPSA) is 339 Å². The van der Waals surface area contributed by atoms with Gasteiger partial charge in [0, 0.05) is 39.1 Å². The lowest BCUT2D eigenvalue weighted by molar-refractivity contribution is -0.152. The molecule has 0 aromatic heterocycles. The lowest BCUT2D eigenvalue weighted by Crippen LogP contribution is -2.43. The molecule has 8 atom stereocenters. The van der Waals surface area contributed by atoms with Gasteiger partial charge in [0.2, 0.25) is 11.8 Å². The number of ether oxygens (including phenoxy) is 4. The Morgan fingerprint density at radius 3 is 1.05 bits per heavy atom. The lowest BCUT2D eigenvalue weighted by Gasteiger charge is -2.23. The van der Waals surface area contributed by atoms with Gasteiger partial charge in [-0.3, -0.25) is 46.9 Å². The van der Waals surface area contributed by atoms with Gasteiger partial charge in [0.1, 0.15) is 12.2 Å². The number of rotatable bonds is 76. The fourth-order valence-corrected chi connectivity index (χ4v) is 13.5. The summed E-state index contributed by atoms with van der Waals surface area (Å²) in [5, 5.41) is 32.0. The van der Waals surface area contributed by atoms with Crippen LogP contribution in [0.25, 0.3) is 0 Å². The highest BCUT2D eigenvalue weighted by molar-refractivity contribution is 7.47. The van der Waals surface area contributed by atoms with E-state index in [4.69, 9.17) is 37.0 Å². The summed E-state index contributed by atoms with van der Waals surface area (Å²) in [6.45, 7) is 10.2. The monoisotopic (exact) mass is 1570 g/mol. The number of phosphoric acid groups is 2. The summed E-state index contributed by atoms with van der Waals surface area (Å²) in [5.41, 5.74) is -0.150. The molecule has 0 aliphatic rings. The normalized spacial score (nSPS) is 14.5. The number of esters is 2. The SMILES string of the molecule is CCCCCC/C=C\CCCC(=O)O[C@H](CCCCCCC)CC(=O)NC(COCC[C@H](O)CCCCCCC)COP(=O)(O)OCCNC(=O)c1ccccc1C(=O)NCCOP(=O)(O)OCC(COCC[C@H](O)CCCCCCC)NC(=O)C[C@@H](CCCCCCC)OC(=O)CCC/C=C\CCCCCC. The predicted octanol–water partition coefficient (Wildman–Crippen LogP) is 17.4. The van der Waals surface area contributed by atoms with E-state index in [1.807, 2.05) is 0 Å². The zero-order chi connectivity index (χ0) is 79.4. The van der Waals surface area contributed by atoms with Crippen molar-refractivity contribution in [2.24, 2.45) is 0 Å². The number of carbonyl (C=O) groups is 6. The van der Waals surface area contributed by atoms with Crippen LogP contribution in [0.2, 0.25) is 0 Å². The van der Waals surface area contributed by atoms with E-state index < -0.39 is 102 Å². The van der Waals surface area contributed by atoms with Crippen LogP contribution in [0.1, 0.15) is 345 Å². The Morgan fingerprint density at radius 1 is 0.389 bits per heavy atom. The number of aliphatic hydroxyl groups is 2. The number of amides is 4. The van der Waals surface area contributed by atoms with Crippen molar-refractivity contribution < 1.29 is 94.9 Å². The number of carbonyl (C=O) groups excluding carboxylic acids is 6. The van der Waals surface area contributed by atoms with Crippen LogP contribution in [0.15, 0.2) is 48.6 Å². The number of hydrogen-bond acceptors (Lipinski definition) is 18. The molecule has 1 aromatic carbocycles. The van der Waals surface area contributed by atoms with Crippen LogP contribution in [0.4, 0.5) is 0 Å². The number of allylic oxidation sites excluding steroid dienone is 4. The molecule has 108 heavy (non-hydrogen) atoms. The van der Waals surface area contributed by atoms with E-state index >= 15 is 0 Å². The number of nitrogens with one attached hydrogen (secondary N) is 4. The lowest BCUT2D eigenvalue weighted by atomic mass is 10.1. The highest BCUT2D eigenvalue weighted by Crippen LogP contribution is 2.44. The minimum absolute atomic E-state index is 0.0752. The van der Waals surface area contributed by atoms with Crippen molar-refractivity contribution >= 4 is 51.2 Å². The molecular formula is C82H148N4O20P2. The molecule has 0 bridgehead atoms. The molecule has 0 saturated carbocycles. The number of aliphatic hydroxyl groups excluding tert-OH is 2. The average molecular weight is 1570 g/mol. The third kappa shape index (κ3) is 60.3. The van der Waals surface area contributed by atoms with E-state index in [1.54, 1.807) is 0 Å². The molecule has 24 nitrogen and oxygen atoms in total. The molecule has 0 aliphatic carbocycles. The molecule has 1 rings (SSSR count). The minimum atomic E-state index is -4.84. The van der Waals surface area contributed by atoms with Crippen molar-refractivity contribution in [1.82, 2.24) is 21.3 Å². The highest BCUT2D eigenvalue weighted by Gasteiger charge is 2.29. The smallest absolute Gasteiger partial charge is 0.462 e. The summed E-state index contributed by atoms with van der Waals surface area (Å²) in [4.78, 5) is 102. The van der Waals surface area contributed by atoms with Gasteiger partial charge in [0.05, 0.1) is 87.9 Å². The standard InChI is InChI=1S/C82H148N4O20P2/c1-7-13-19-25-27-29-31-37-43-53-79(91)105-73(49-41-35-23-17-11-5)63-77(89)85-69(65-99-59-55-71(87)47-39-33-21-15-9-3)67-103-107(95,96)101-61-57-83-81(93)75-51-45-46-52-76(75)82(94)84-58-62-102-108(97,98)104-68-70(66-100-60-56-72(88)48-40-34-22-16-10-4)86-78(90)64-74(50-42-36-24-18-12-6)106-80(92)54-44-38-32-30-28-26-20-14-8-2/h29-32,45-46,51-52,69-74,87-88H,7-28,33-44,47-50,53-68H2,1-6H3,(H,83,93)(H,84,94)(H,85,89)(H,86,90)(H,95,96)(H,97,98)/b31-29-,32-30-/t69?,70?,71-,72-,73-,74-/m1/s1. The molecule has 0 radical (unpaired) electrons. The van der Waals surface area contributed by atoms with Crippen molar-refractivity contribution in [1.29, 1.82) is 0 Å². The third-order valence-electron chi connectivity index (χ3n) is 18.4. The summed E-state index contributed by atoms with van der Waals surface area (Å²) in [7, 11) is -9.68. The maximum atomic E-state index is 13.7. The van der Waals surface area contributed by atoms with E-state index in [2.05, 4.69) is 87.1 Å². The molecule has 0 heterocycles. The summed E-state index contributed by atoms with van der Waals surface area (Å²) in [6.07, 6.45) is 43.3. The maximum absolute atomic E-state index is 13.7. The van der Waals surface area contributed by atoms with Gasteiger partial charge < -0.3 is 60.2 Å². The maximum Gasteiger partial charge on any atom is 0.472 e. The zero-order valence-corrected chi connectivity index (χ0v) is 69.3. The zero-order valence-electron chi connectivity index (χ0n) is 67.5. The van der Waals surface area contributed by atoms with Gasteiger partial charge >= 0.3 is 27.6 Å². The number of unbranched alkanes of at least 4 members (excludes halogenated alkanes) is 26. The number of hydrogen-bond donors (Lipinski definition) is 8. The first-order valence-corrected chi connectivity index (χ1v) is 44.9. The number of phosphoric ester groups is 2. The molecule has 4 amide bonds.